The Morgan fingerprint density at radius 1 is 0.481 bits per heavy atom. The van der Waals surface area contributed by atoms with Crippen molar-refractivity contribution in [2.24, 2.45) is 14.1 Å². The number of aliphatic carboxylic acids is 1. The zero-order valence-electron chi connectivity index (χ0n) is 65.8. The number of imidazole rings is 2. The van der Waals surface area contributed by atoms with Gasteiger partial charge in [0.15, 0.2) is 6.04 Å². The lowest BCUT2D eigenvalue weighted by molar-refractivity contribution is -0.145. The van der Waals surface area contributed by atoms with Crippen molar-refractivity contribution in [1.82, 2.24) is 63.3 Å². The third-order valence-electron chi connectivity index (χ3n) is 18.0. The van der Waals surface area contributed by atoms with Crippen molar-refractivity contribution in [3.63, 3.8) is 0 Å². The van der Waals surface area contributed by atoms with E-state index in [0.29, 0.717) is 63.7 Å². The Morgan fingerprint density at radius 3 is 1.30 bits per heavy atom. The van der Waals surface area contributed by atoms with E-state index in [1.807, 2.05) is 134 Å². The fraction of sp³-hybridized carbons (Fsp3) is 0.537. The largest absolute Gasteiger partial charge is 0.480 e. The minimum absolute atomic E-state index is 0.0178. The molecule has 7 amide bonds. The number of carbonyl (C=O) groups excluding carboxylic acids is 7. The lowest BCUT2D eigenvalue weighted by Gasteiger charge is -2.45. The van der Waals surface area contributed by atoms with Gasteiger partial charge in [-0.05, 0) is 163 Å². The number of carboxylic acids is 1. The molecule has 3 aromatic heterocycles. The van der Waals surface area contributed by atoms with Gasteiger partial charge >= 0.3 is 36.4 Å². The molecule has 0 bridgehead atoms. The molecule has 108 heavy (non-hydrogen) atoms. The third kappa shape index (κ3) is 24.4. The van der Waals surface area contributed by atoms with Crippen molar-refractivity contribution in [2.45, 2.75) is 195 Å². The summed E-state index contributed by atoms with van der Waals surface area (Å²) in [6, 6.07) is 26.9. The highest BCUT2D eigenvalue weighted by atomic mass is 35.5. The third-order valence-corrected chi connectivity index (χ3v) is 18.2. The van der Waals surface area contributed by atoms with Gasteiger partial charge in [-0.1, -0.05) is 84.4 Å². The molecular weight excluding hydrogens is 1400 g/mol. The maximum Gasteiger partial charge on any atom is 0.411 e. The minimum Gasteiger partial charge on any atom is -0.480 e. The summed E-state index contributed by atoms with van der Waals surface area (Å²) >= 11 is 6.48. The summed E-state index contributed by atoms with van der Waals surface area (Å²) in [6.45, 7) is 30.1. The Balaban J connectivity index is 0.000000217. The molecule has 4 atom stereocenters. The van der Waals surface area contributed by atoms with E-state index in [2.05, 4.69) is 33.1 Å². The summed E-state index contributed by atoms with van der Waals surface area (Å²) < 4.78 is 31.4. The lowest BCUT2D eigenvalue weighted by Crippen LogP contribution is -2.62. The number of pyridine rings is 1. The van der Waals surface area contributed by atoms with Crippen molar-refractivity contribution in [3.05, 3.63) is 172 Å². The molecule has 6 aromatic rings. The fourth-order valence-electron chi connectivity index (χ4n) is 12.9. The maximum absolute atomic E-state index is 14.9. The van der Waals surface area contributed by atoms with E-state index < -0.39 is 82.6 Å². The molecule has 28 heteroatoms. The molecule has 3 fully saturated rings. The van der Waals surface area contributed by atoms with Crippen LogP contribution in [-0.2, 0) is 90.9 Å². The molecule has 586 valence electrons. The number of carboxylic acid groups (broad SMARTS) is 1. The van der Waals surface area contributed by atoms with Crippen LogP contribution in [0.5, 0.6) is 0 Å². The molecule has 3 saturated heterocycles. The topological polar surface area (TPSA) is 277 Å². The highest BCUT2D eigenvalue weighted by molar-refractivity contribution is 6.30. The Morgan fingerprint density at radius 2 is 0.880 bits per heavy atom. The number of benzene rings is 3. The second kappa shape index (κ2) is 36.0. The van der Waals surface area contributed by atoms with E-state index in [-0.39, 0.29) is 57.1 Å². The highest BCUT2D eigenvalue weighted by Crippen LogP contribution is 2.39. The first-order chi connectivity index (χ1) is 50.6. The monoisotopic (exact) mass is 1510 g/mol. The molecule has 27 nitrogen and oxygen atoms in total. The number of aryl methyl sites for hydroxylation is 4. The van der Waals surface area contributed by atoms with Crippen LogP contribution in [0.4, 0.5) is 24.0 Å². The van der Waals surface area contributed by atoms with E-state index in [4.69, 9.17) is 40.3 Å². The summed E-state index contributed by atoms with van der Waals surface area (Å²) in [7, 11) is 3.87. The van der Waals surface area contributed by atoms with Crippen LogP contribution in [-0.4, -0.2) is 235 Å². The van der Waals surface area contributed by atoms with E-state index in [9.17, 15) is 43.5 Å². The number of fused-ring (bicyclic) bond motifs is 2. The summed E-state index contributed by atoms with van der Waals surface area (Å²) in [6.07, 6.45) is 9.01. The van der Waals surface area contributed by atoms with Crippen LogP contribution in [0.1, 0.15) is 155 Å². The Hall–Kier alpha value is -9.76. The molecule has 1 unspecified atom stereocenters. The molecule has 0 radical (unpaired) electrons. The molecule has 0 spiro atoms. The number of amides is 7. The number of ether oxygens (including phenoxy) is 5. The van der Waals surface area contributed by atoms with Crippen LogP contribution in [0.15, 0.2) is 122 Å². The van der Waals surface area contributed by atoms with Gasteiger partial charge in [0, 0.05) is 134 Å². The summed E-state index contributed by atoms with van der Waals surface area (Å²) in [5.74, 6) is -1.56. The van der Waals surface area contributed by atoms with Gasteiger partial charge in [0.25, 0.3) is 0 Å². The van der Waals surface area contributed by atoms with Gasteiger partial charge in [-0.25, -0.2) is 38.7 Å². The van der Waals surface area contributed by atoms with E-state index in [0.717, 1.165) is 51.5 Å². The van der Waals surface area contributed by atoms with E-state index >= 15 is 0 Å². The van der Waals surface area contributed by atoms with Gasteiger partial charge in [-0.2, -0.15) is 0 Å². The van der Waals surface area contributed by atoms with Crippen LogP contribution in [0.25, 0.3) is 0 Å². The molecule has 1 aliphatic carbocycles. The SMILES string of the molecule is CC(C)(C)OC(=O)N1CCN(C(=O)OC(C)(C)C)[C@@H](C(=O)O)C1.Cn1cncc1CCN(Cc1ccccc1)C(=O)[C@H]1CN(C(=O)OC(C)(C)C)CCN1C(=O)OC(C)(C)C.Cn1cncc1CCN(Cc1ccccc1)C(=O)[C@H]1CN(C2c3ccc(Cl)cc3CCc3cccnc32)CCN1C(=O)OC(C)(C)C. The van der Waals surface area contributed by atoms with Gasteiger partial charge in [-0.3, -0.25) is 34.2 Å². The van der Waals surface area contributed by atoms with Crippen LogP contribution in [0, 0.1) is 0 Å². The molecule has 3 aliphatic heterocycles. The van der Waals surface area contributed by atoms with E-state index in [1.54, 1.807) is 112 Å². The molecular formula is C80H110ClN13O14. The molecule has 3 aromatic carbocycles. The first-order valence-electron chi connectivity index (χ1n) is 36.8. The second-order valence-corrected chi connectivity index (χ2v) is 33.0. The van der Waals surface area contributed by atoms with Crippen molar-refractivity contribution < 1.29 is 67.1 Å². The van der Waals surface area contributed by atoms with Crippen molar-refractivity contribution in [3.8, 4) is 0 Å². The van der Waals surface area contributed by atoms with Crippen LogP contribution in [0.3, 0.4) is 0 Å². The number of nitrogens with zero attached hydrogens (tertiary/aromatic N) is 13. The Kier molecular flexibility index (Phi) is 27.9. The minimum atomic E-state index is -1.19. The normalized spacial score (nSPS) is 17.7. The molecule has 6 heterocycles. The predicted octanol–water partition coefficient (Wildman–Crippen LogP) is 11.6. The standard InChI is InChI=1S/C37H43ClN6O3.C28H41N5O5.C15H26N2O6/c1-37(2,3)47-36(46)44-20-19-42(34-31-15-14-29(38)21-28(31)13-12-27-11-8-17-40-33(27)34)24-32(44)35(45)43(23-26-9-6-5-7-10-26)18-16-30-22-39-25-41(30)4;1-27(2,3)37-25(35)32-15-16-33(26(36)38-28(4,5)6)23(19-32)24(34)31(18-21-11-9-8-10-12-21)14-13-22-17-29-20-30(22)7;1-14(2,3)22-12(20)16-7-8-17(10(9-16)11(18)19)13(21)23-15(4,5)6/h5-11,14-15,17,21-22,25,32,34H,12-13,16,18-20,23-24H2,1-4H3;8-12,17,20,23H,13-16,18-19H2,1-7H3;10H,7-9H2,1-6H3,(H,18,19)/t32-,34?;23-;10-/m111/s1. The average molecular weight is 1510 g/mol. The number of piperazine rings is 3. The summed E-state index contributed by atoms with van der Waals surface area (Å²) in [5.41, 5.74) is 5.00. The van der Waals surface area contributed by atoms with Crippen molar-refractivity contribution in [1.29, 1.82) is 0 Å². The Labute approximate surface area is 640 Å². The number of halogens is 1. The number of hydrogen-bond donors (Lipinski definition) is 1. The van der Waals surface area contributed by atoms with Crippen molar-refractivity contribution in [2.75, 3.05) is 72.0 Å². The number of hydrogen-bond acceptors (Lipinski definition) is 17. The quantitative estimate of drug-likeness (QED) is 0.0992. The van der Waals surface area contributed by atoms with Gasteiger partial charge in [0.1, 0.15) is 40.1 Å². The molecule has 0 saturated carbocycles. The first-order valence-corrected chi connectivity index (χ1v) is 37.2. The number of rotatable bonds is 14. The van der Waals surface area contributed by atoms with E-state index in [1.165, 1.54) is 25.8 Å². The maximum atomic E-state index is 14.9. The van der Waals surface area contributed by atoms with Gasteiger partial charge in [0.2, 0.25) is 11.8 Å². The molecule has 1 N–H and O–H groups in total. The average Bonchev–Trinajstić information content (AvgIpc) is 1.48. The first kappa shape index (κ1) is 83.9. The highest BCUT2D eigenvalue weighted by Gasteiger charge is 2.46. The van der Waals surface area contributed by atoms with Gasteiger partial charge in [-0.15, -0.1) is 0 Å². The molecule has 10 rings (SSSR count). The molecule has 4 aliphatic rings. The number of aromatic nitrogens is 5. The van der Waals surface area contributed by atoms with Crippen LogP contribution >= 0.6 is 11.6 Å². The van der Waals surface area contributed by atoms with Crippen LogP contribution < -0.4 is 0 Å². The summed E-state index contributed by atoms with van der Waals surface area (Å²) in [5, 5.41) is 10.1. The second-order valence-electron chi connectivity index (χ2n) is 32.5. The van der Waals surface area contributed by atoms with Crippen LogP contribution in [0.2, 0.25) is 5.02 Å². The smallest absolute Gasteiger partial charge is 0.411 e. The lowest BCUT2D eigenvalue weighted by atomic mass is 9.95. The van der Waals surface area contributed by atoms with Gasteiger partial charge in [0.05, 0.1) is 37.5 Å². The van der Waals surface area contributed by atoms with Gasteiger partial charge < -0.3 is 57.5 Å². The number of carbonyl (C=O) groups is 8. The van der Waals surface area contributed by atoms with Crippen molar-refractivity contribution >= 4 is 59.9 Å². The fourth-order valence-corrected chi connectivity index (χ4v) is 13.1. The Bertz CT molecular complexity index is 4060. The predicted molar refractivity (Wildman–Crippen MR) is 407 cm³/mol. The zero-order valence-corrected chi connectivity index (χ0v) is 66.6. The zero-order chi connectivity index (χ0) is 79.2. The summed E-state index contributed by atoms with van der Waals surface area (Å²) in [4.78, 5) is 131.